The molecule has 0 fully saturated rings. The molecule has 3 aliphatic carbocycles. The molecule has 0 unspecified atom stereocenters. The zero-order valence-corrected chi connectivity index (χ0v) is 33.6. The van der Waals surface area contributed by atoms with E-state index in [0.717, 1.165) is 44.9 Å². The monoisotopic (exact) mass is 948 g/mol. The van der Waals surface area contributed by atoms with E-state index in [9.17, 15) is 0 Å². The summed E-state index contributed by atoms with van der Waals surface area (Å²) in [4.78, 5) is 16.4. The summed E-state index contributed by atoms with van der Waals surface area (Å²) >= 11 is 5.77. The normalized spacial score (nSPS) is 17.8. The van der Waals surface area contributed by atoms with Crippen LogP contribution in [0.2, 0.25) is 5.15 Å². The quantitative estimate of drug-likeness (QED) is 0.131. The zero-order valence-electron chi connectivity index (χ0n) is 47.4. The van der Waals surface area contributed by atoms with Crippen molar-refractivity contribution in [2.75, 3.05) is 0 Å². The van der Waals surface area contributed by atoms with Gasteiger partial charge in [0.05, 0.1) is 18.0 Å². The first-order valence-corrected chi connectivity index (χ1v) is 18.7. The molecule has 4 aromatic heterocycles. The molecule has 0 amide bonds. The molecule has 7 aromatic rings. The minimum Gasteiger partial charge on any atom is -0.305 e. The van der Waals surface area contributed by atoms with Crippen molar-refractivity contribution < 1.29 is 43.4 Å². The molecule has 0 spiro atoms. The number of benzene rings is 3. The van der Waals surface area contributed by atoms with Crippen LogP contribution in [0.5, 0.6) is 0 Å². The first-order valence-electron chi connectivity index (χ1n) is 26.8. The number of fused-ring (bicyclic) bond motifs is 3. The Kier molecular flexibility index (Phi) is 9.24. The number of nitrogens with zero attached hydrogens (tertiary/aromatic N) is 4. The van der Waals surface area contributed by atoms with E-state index in [0.29, 0.717) is 22.1 Å². The van der Waals surface area contributed by atoms with Gasteiger partial charge in [-0.05, 0) is 140 Å². The maximum absolute atomic E-state index is 8.00. The van der Waals surface area contributed by atoms with Gasteiger partial charge < -0.3 is 9.97 Å². The summed E-state index contributed by atoms with van der Waals surface area (Å²) in [7, 11) is 0. The van der Waals surface area contributed by atoms with Crippen molar-refractivity contribution >= 4 is 11.6 Å². The van der Waals surface area contributed by atoms with Gasteiger partial charge in [-0.15, -0.1) is 71.6 Å². The SMILES string of the molecule is Clc1cc2c(cn1)CCCC2.[2H]c1[c-]c(-c2cc3c(cn2)CCCC3)c([2H])c([2H])c1[2H].[2H]c1[c-]c(-c2nc([2H])c([2H])c([2H])c2[2H])c([2H])c([2H])c1[2H].[2H]c1c([2H])c([2H])c(-c2cc3c(cn2)CCCC3)c([2H])c1[2H].[Ir]. The van der Waals surface area contributed by atoms with E-state index in [4.69, 9.17) is 34.9 Å². The summed E-state index contributed by atoms with van der Waals surface area (Å²) in [6, 6.07) is 5.52. The molecule has 3 aliphatic rings. The molecule has 0 aliphatic heterocycles. The first-order chi connectivity index (χ1) is 34.2. The Labute approximate surface area is 375 Å². The maximum Gasteiger partial charge on any atom is 0.129 e. The van der Waals surface area contributed by atoms with Gasteiger partial charge in [0.25, 0.3) is 0 Å². The van der Waals surface area contributed by atoms with Gasteiger partial charge in [0.2, 0.25) is 0 Å². The molecule has 6 heteroatoms. The predicted octanol–water partition coefficient (Wildman–Crippen LogP) is 12.2. The minimum absolute atomic E-state index is 0. The number of aromatic nitrogens is 4. The maximum atomic E-state index is 8.00. The van der Waals surface area contributed by atoms with Crippen LogP contribution in [-0.4, -0.2) is 19.9 Å². The van der Waals surface area contributed by atoms with Crippen LogP contribution in [0, 0.1) is 12.1 Å². The van der Waals surface area contributed by atoms with Crippen LogP contribution < -0.4 is 0 Å². The molecule has 0 atom stereocenters. The van der Waals surface area contributed by atoms with E-state index in [1.54, 1.807) is 6.20 Å². The Morgan fingerprint density at radius 2 is 0.911 bits per heavy atom. The van der Waals surface area contributed by atoms with Crippen LogP contribution in [0.15, 0.2) is 140 Å². The fourth-order valence-corrected chi connectivity index (χ4v) is 6.74. The fourth-order valence-electron chi connectivity index (χ4n) is 6.56. The summed E-state index contributed by atoms with van der Waals surface area (Å²) in [6.45, 7) is 0. The largest absolute Gasteiger partial charge is 0.305 e. The van der Waals surface area contributed by atoms with Crippen molar-refractivity contribution in [1.29, 1.82) is 0 Å². The second-order valence-corrected chi connectivity index (χ2v) is 13.4. The molecule has 56 heavy (non-hydrogen) atoms. The van der Waals surface area contributed by atoms with E-state index in [1.165, 1.54) is 65.5 Å². The van der Waals surface area contributed by atoms with Crippen molar-refractivity contribution in [3.05, 3.63) is 190 Å². The van der Waals surface area contributed by atoms with Crippen LogP contribution in [0.1, 0.15) is 95.2 Å². The standard InChI is InChI=1S/C15H15N.C15H14N.C11H8N.C9H10ClN.Ir/c2*1-2-6-12(7-3-1)15-10-13-8-4-5-9-14(13)11-16-15;1-2-6-10(7-3-1)11-8-4-5-9-12-11;10-9-5-7-3-1-2-4-8(7)6-11-9;/h1-3,6-7,10-11H,4-5,8-9H2;1-3,6,10-11H,4-5,8-9H2;1-6,8-9H;5-6H,1-4H2;/q;2*-1;;/i1D,2D,3D,6D,7D;1D,2D,3D,6D;1D,2D,3D,4D,5D,6D,8D,9D;;. The average Bonchev–Trinajstić information content (AvgIpc) is 3.39. The second kappa shape index (κ2) is 21.5. The van der Waals surface area contributed by atoms with Gasteiger partial charge in [0.15, 0.2) is 0 Å². The van der Waals surface area contributed by atoms with Crippen LogP contribution in [-0.2, 0) is 58.6 Å². The fraction of sp³-hybridized carbons (Fsp3) is 0.240. The molecule has 0 saturated heterocycles. The Hall–Kier alpha value is -4.80. The Bertz CT molecular complexity index is 3140. The zero-order chi connectivity index (χ0) is 52.3. The molecule has 1 radical (unpaired) electrons. The third-order valence-corrected chi connectivity index (χ3v) is 9.56. The van der Waals surface area contributed by atoms with E-state index in [2.05, 4.69) is 32.1 Å². The molecule has 4 heterocycles. The molecular weight excluding hydrogens is 884 g/mol. The van der Waals surface area contributed by atoms with E-state index in [-0.39, 0.29) is 91.3 Å². The Morgan fingerprint density at radius 3 is 1.52 bits per heavy atom. The molecular formula is C50H47ClIrN4-2. The summed E-state index contributed by atoms with van der Waals surface area (Å²) in [6.07, 6.45) is 18.6. The molecule has 285 valence electrons. The van der Waals surface area contributed by atoms with Gasteiger partial charge in [-0.25, -0.2) is 4.98 Å². The van der Waals surface area contributed by atoms with Crippen LogP contribution in [0.4, 0.5) is 0 Å². The third kappa shape index (κ3) is 11.6. The molecule has 0 bridgehead atoms. The molecule has 10 rings (SSSR count). The summed E-state index contributed by atoms with van der Waals surface area (Å²) < 4.78 is 130. The molecule has 4 nitrogen and oxygen atoms in total. The predicted molar refractivity (Wildman–Crippen MR) is 226 cm³/mol. The number of hydrogen-bond acceptors (Lipinski definition) is 4. The van der Waals surface area contributed by atoms with Gasteiger partial charge in [-0.1, -0.05) is 65.5 Å². The smallest absolute Gasteiger partial charge is 0.129 e. The minimum atomic E-state index is -0.526. The Morgan fingerprint density at radius 1 is 0.446 bits per heavy atom. The van der Waals surface area contributed by atoms with Crippen molar-refractivity contribution in [1.82, 2.24) is 19.9 Å². The number of aryl methyl sites for hydroxylation is 6. The second-order valence-electron chi connectivity index (χ2n) is 13.0. The number of halogens is 1. The van der Waals surface area contributed by atoms with Crippen LogP contribution >= 0.6 is 11.6 Å². The number of hydrogen-bond donors (Lipinski definition) is 0. The van der Waals surface area contributed by atoms with E-state index in [1.807, 2.05) is 30.6 Å². The van der Waals surface area contributed by atoms with Gasteiger partial charge in [0.1, 0.15) is 5.15 Å². The Balaban J connectivity index is 0.000000161. The third-order valence-electron chi connectivity index (χ3n) is 9.36. The molecule has 3 aromatic carbocycles. The first kappa shape index (κ1) is 24.1. The van der Waals surface area contributed by atoms with Crippen molar-refractivity contribution in [3.8, 4) is 33.8 Å². The van der Waals surface area contributed by atoms with E-state index >= 15 is 0 Å². The van der Waals surface area contributed by atoms with Crippen LogP contribution in [0.25, 0.3) is 33.8 Å². The van der Waals surface area contributed by atoms with Gasteiger partial charge in [-0.2, -0.15) is 0 Å². The van der Waals surface area contributed by atoms with E-state index < -0.39 is 48.5 Å². The van der Waals surface area contributed by atoms with Gasteiger partial charge >= 0.3 is 0 Å². The number of rotatable bonds is 3. The molecule has 0 N–H and O–H groups in total. The summed E-state index contributed by atoms with van der Waals surface area (Å²) in [5.41, 5.74) is 8.82. The van der Waals surface area contributed by atoms with Gasteiger partial charge in [-0.3, -0.25) is 4.98 Å². The summed E-state index contributed by atoms with van der Waals surface area (Å²) in [5.74, 6) is 0. The van der Waals surface area contributed by atoms with Crippen molar-refractivity contribution in [2.24, 2.45) is 0 Å². The van der Waals surface area contributed by atoms with Crippen LogP contribution in [0.3, 0.4) is 0 Å². The van der Waals surface area contributed by atoms with Gasteiger partial charge in [0, 0.05) is 55.9 Å². The number of pyridine rings is 4. The molecule has 0 saturated carbocycles. The van der Waals surface area contributed by atoms with Crippen molar-refractivity contribution in [3.63, 3.8) is 0 Å². The average molecular weight is 949 g/mol. The topological polar surface area (TPSA) is 51.6 Å². The van der Waals surface area contributed by atoms with Crippen molar-refractivity contribution in [2.45, 2.75) is 77.0 Å². The summed E-state index contributed by atoms with van der Waals surface area (Å²) in [5, 5.41) is 0.630.